The maximum atomic E-state index is 12.4. The van der Waals surface area contributed by atoms with Crippen LogP contribution in [0.2, 0.25) is 0 Å². The Labute approximate surface area is 202 Å². The molecule has 0 aliphatic carbocycles. The van der Waals surface area contributed by atoms with E-state index in [1.807, 2.05) is 42.5 Å². The van der Waals surface area contributed by atoms with Crippen molar-refractivity contribution in [2.75, 3.05) is 19.7 Å². The van der Waals surface area contributed by atoms with Gasteiger partial charge in [-0.1, -0.05) is 115 Å². The fourth-order valence-corrected chi connectivity index (χ4v) is 4.97. The van der Waals surface area contributed by atoms with E-state index in [-0.39, 0.29) is 6.10 Å². The number of hydrogen-bond donors (Lipinski definition) is 1. The van der Waals surface area contributed by atoms with Crippen molar-refractivity contribution >= 4 is 0 Å². The third-order valence-electron chi connectivity index (χ3n) is 6.77. The fourth-order valence-electron chi connectivity index (χ4n) is 4.97. The molecule has 0 radical (unpaired) electrons. The van der Waals surface area contributed by atoms with Gasteiger partial charge in [-0.3, -0.25) is 4.90 Å². The lowest BCUT2D eigenvalue weighted by Gasteiger charge is -2.43. The van der Waals surface area contributed by atoms with Crippen LogP contribution in [-0.2, 0) is 23.3 Å². The van der Waals surface area contributed by atoms with E-state index >= 15 is 0 Å². The summed E-state index contributed by atoms with van der Waals surface area (Å²) in [5.41, 5.74) is 4.44. The summed E-state index contributed by atoms with van der Waals surface area (Å²) in [5, 5.41) is 12.4. The third kappa shape index (κ3) is 4.97. The molecule has 0 spiro atoms. The van der Waals surface area contributed by atoms with Crippen molar-refractivity contribution in [3.63, 3.8) is 0 Å². The maximum Gasteiger partial charge on any atom is 0.121 e. The molecule has 2 atom stereocenters. The van der Waals surface area contributed by atoms with Crippen LogP contribution in [0.4, 0.5) is 0 Å². The number of ether oxygens (including phenoxy) is 1. The highest BCUT2D eigenvalue weighted by atomic mass is 16.5. The largest absolute Gasteiger partial charge is 0.382 e. The van der Waals surface area contributed by atoms with Gasteiger partial charge in [-0.2, -0.15) is 0 Å². The third-order valence-corrected chi connectivity index (χ3v) is 6.77. The minimum absolute atomic E-state index is 0.337. The van der Waals surface area contributed by atoms with E-state index in [2.05, 4.69) is 77.7 Å². The first-order valence-corrected chi connectivity index (χ1v) is 12.0. The Hall–Kier alpha value is -3.24. The van der Waals surface area contributed by atoms with Crippen LogP contribution in [0.1, 0.15) is 16.7 Å². The molecule has 0 aromatic heterocycles. The predicted molar refractivity (Wildman–Crippen MR) is 137 cm³/mol. The van der Waals surface area contributed by atoms with Gasteiger partial charge in [0.1, 0.15) is 11.7 Å². The van der Waals surface area contributed by atoms with Gasteiger partial charge in [0.25, 0.3) is 0 Å². The lowest BCUT2D eigenvalue weighted by atomic mass is 9.80. The highest BCUT2D eigenvalue weighted by Gasteiger charge is 2.42. The summed E-state index contributed by atoms with van der Waals surface area (Å²) in [6.45, 7) is 2.99. The van der Waals surface area contributed by atoms with Crippen LogP contribution in [0.5, 0.6) is 0 Å². The molecular weight excluding hydrogens is 418 g/mol. The number of morpholine rings is 1. The SMILES string of the molecule is O[C@](Cc1ccccc1-c1ccccc1)(c1ccccc1)[C@@H]1CN(Cc2ccccc2)CCO1. The lowest BCUT2D eigenvalue weighted by Crippen LogP contribution is -2.53. The average molecular weight is 450 g/mol. The van der Waals surface area contributed by atoms with Crippen molar-refractivity contribution in [2.24, 2.45) is 0 Å². The minimum atomic E-state index is -1.15. The summed E-state index contributed by atoms with van der Waals surface area (Å²) in [6.07, 6.45) is 0.141. The van der Waals surface area contributed by atoms with Crippen LogP contribution in [0.15, 0.2) is 115 Å². The molecule has 34 heavy (non-hydrogen) atoms. The Morgan fingerprint density at radius 2 is 1.38 bits per heavy atom. The van der Waals surface area contributed by atoms with E-state index in [0.29, 0.717) is 19.6 Å². The molecule has 1 fully saturated rings. The van der Waals surface area contributed by atoms with Crippen molar-refractivity contribution in [3.05, 3.63) is 132 Å². The van der Waals surface area contributed by atoms with Gasteiger partial charge in [0.05, 0.1) is 6.61 Å². The number of nitrogens with zero attached hydrogens (tertiary/aromatic N) is 1. The van der Waals surface area contributed by atoms with Gasteiger partial charge >= 0.3 is 0 Å². The quantitative estimate of drug-likeness (QED) is 0.394. The van der Waals surface area contributed by atoms with Gasteiger partial charge in [0.2, 0.25) is 0 Å². The Kier molecular flexibility index (Phi) is 6.87. The number of benzene rings is 4. The summed E-state index contributed by atoms with van der Waals surface area (Å²) in [6, 6.07) is 39.3. The molecule has 3 heteroatoms. The van der Waals surface area contributed by atoms with Crippen LogP contribution >= 0.6 is 0 Å². The van der Waals surface area contributed by atoms with E-state index in [0.717, 1.165) is 35.3 Å². The first-order chi connectivity index (χ1) is 16.7. The normalized spacial score (nSPS) is 18.3. The average Bonchev–Trinajstić information content (AvgIpc) is 2.91. The lowest BCUT2D eigenvalue weighted by molar-refractivity contribution is -0.149. The van der Waals surface area contributed by atoms with Gasteiger partial charge in [-0.15, -0.1) is 0 Å². The molecule has 5 rings (SSSR count). The van der Waals surface area contributed by atoms with Crippen molar-refractivity contribution in [1.82, 2.24) is 4.90 Å². The predicted octanol–water partition coefficient (Wildman–Crippen LogP) is 5.68. The van der Waals surface area contributed by atoms with Crippen LogP contribution < -0.4 is 0 Å². The highest BCUT2D eigenvalue weighted by Crippen LogP contribution is 2.36. The first kappa shape index (κ1) is 22.5. The van der Waals surface area contributed by atoms with Gasteiger partial charge in [0.15, 0.2) is 0 Å². The first-order valence-electron chi connectivity index (χ1n) is 12.0. The van der Waals surface area contributed by atoms with Gasteiger partial charge in [-0.05, 0) is 27.8 Å². The topological polar surface area (TPSA) is 32.7 Å². The molecule has 1 heterocycles. The van der Waals surface area contributed by atoms with E-state index in [9.17, 15) is 5.11 Å². The Balaban J connectivity index is 1.47. The monoisotopic (exact) mass is 449 g/mol. The van der Waals surface area contributed by atoms with Crippen molar-refractivity contribution in [1.29, 1.82) is 0 Å². The molecule has 0 bridgehead atoms. The molecule has 1 saturated heterocycles. The molecule has 1 aliphatic heterocycles. The van der Waals surface area contributed by atoms with Crippen LogP contribution in [0.25, 0.3) is 11.1 Å². The second-order valence-electron chi connectivity index (χ2n) is 9.07. The highest BCUT2D eigenvalue weighted by molar-refractivity contribution is 5.67. The molecule has 172 valence electrons. The second kappa shape index (κ2) is 10.4. The summed E-state index contributed by atoms with van der Waals surface area (Å²) in [4.78, 5) is 2.39. The molecule has 0 amide bonds. The zero-order valence-corrected chi connectivity index (χ0v) is 19.4. The van der Waals surface area contributed by atoms with E-state index in [4.69, 9.17) is 4.74 Å². The minimum Gasteiger partial charge on any atom is -0.382 e. The zero-order chi connectivity index (χ0) is 23.2. The number of rotatable bonds is 7. The van der Waals surface area contributed by atoms with E-state index in [1.165, 1.54) is 5.56 Å². The molecule has 3 nitrogen and oxygen atoms in total. The van der Waals surface area contributed by atoms with Gasteiger partial charge < -0.3 is 9.84 Å². The zero-order valence-electron chi connectivity index (χ0n) is 19.4. The molecule has 1 aliphatic rings. The summed E-state index contributed by atoms with van der Waals surface area (Å²) in [7, 11) is 0. The molecule has 0 saturated carbocycles. The maximum absolute atomic E-state index is 12.4. The van der Waals surface area contributed by atoms with Crippen LogP contribution in [0, 0.1) is 0 Å². The molecule has 4 aromatic rings. The molecule has 1 N–H and O–H groups in total. The number of aliphatic hydroxyl groups is 1. The molecular formula is C31H31NO2. The summed E-state index contributed by atoms with van der Waals surface area (Å²) < 4.78 is 6.29. The van der Waals surface area contributed by atoms with Crippen LogP contribution in [-0.4, -0.2) is 35.8 Å². The standard InChI is InChI=1S/C31H31NO2/c33-31(28-17-8-3-9-18-28,22-27-16-10-11-19-29(27)26-14-6-2-7-15-26)30-24-32(20-21-34-30)23-25-12-4-1-5-13-25/h1-19,30,33H,20-24H2/t30-,31+/m0/s1. The summed E-state index contributed by atoms with van der Waals surface area (Å²) in [5.74, 6) is 0. The Morgan fingerprint density at radius 3 is 2.12 bits per heavy atom. The molecule has 4 aromatic carbocycles. The Morgan fingerprint density at radius 1 is 0.765 bits per heavy atom. The van der Waals surface area contributed by atoms with Gasteiger partial charge in [0, 0.05) is 26.1 Å². The van der Waals surface area contributed by atoms with Crippen molar-refractivity contribution < 1.29 is 9.84 Å². The van der Waals surface area contributed by atoms with Gasteiger partial charge in [-0.25, -0.2) is 0 Å². The van der Waals surface area contributed by atoms with Crippen molar-refractivity contribution in [2.45, 2.75) is 24.7 Å². The Bertz CT molecular complexity index is 1180. The van der Waals surface area contributed by atoms with E-state index < -0.39 is 5.60 Å². The van der Waals surface area contributed by atoms with Crippen LogP contribution in [0.3, 0.4) is 0 Å². The smallest absolute Gasteiger partial charge is 0.121 e. The summed E-state index contributed by atoms with van der Waals surface area (Å²) >= 11 is 0. The van der Waals surface area contributed by atoms with E-state index in [1.54, 1.807) is 0 Å². The van der Waals surface area contributed by atoms with Crippen molar-refractivity contribution in [3.8, 4) is 11.1 Å². The number of hydrogen-bond acceptors (Lipinski definition) is 3. The fraction of sp³-hybridized carbons (Fsp3) is 0.226. The molecule has 0 unspecified atom stereocenters. The second-order valence-corrected chi connectivity index (χ2v) is 9.07.